The second-order valence-electron chi connectivity index (χ2n) is 6.72. The van der Waals surface area contributed by atoms with E-state index < -0.39 is 10.8 Å². The molecule has 1 saturated carbocycles. The molecule has 1 aromatic carbocycles. The summed E-state index contributed by atoms with van der Waals surface area (Å²) in [4.78, 5) is 16.1. The molecule has 0 heterocycles. The van der Waals surface area contributed by atoms with Crippen LogP contribution < -0.4 is 10.6 Å². The zero-order valence-electron chi connectivity index (χ0n) is 16.3. The number of guanidine groups is 1. The summed E-state index contributed by atoms with van der Waals surface area (Å²) in [5.41, 5.74) is 1.09. The van der Waals surface area contributed by atoms with Crippen molar-refractivity contribution in [3.05, 3.63) is 35.9 Å². The molecule has 1 fully saturated rings. The summed E-state index contributed by atoms with van der Waals surface area (Å²) in [5.74, 6) is 1.83. The molecule has 0 aromatic heterocycles. The largest absolute Gasteiger partial charge is 0.466 e. The van der Waals surface area contributed by atoms with Gasteiger partial charge in [0.2, 0.25) is 0 Å². The van der Waals surface area contributed by atoms with Gasteiger partial charge < -0.3 is 15.4 Å². The van der Waals surface area contributed by atoms with Gasteiger partial charge in [0.1, 0.15) is 0 Å². The molecule has 0 spiro atoms. The van der Waals surface area contributed by atoms with Crippen molar-refractivity contribution in [1.82, 2.24) is 10.6 Å². The van der Waals surface area contributed by atoms with Crippen molar-refractivity contribution in [3.8, 4) is 0 Å². The highest BCUT2D eigenvalue weighted by molar-refractivity contribution is 7.84. The fourth-order valence-electron chi connectivity index (χ4n) is 3.24. The van der Waals surface area contributed by atoms with Gasteiger partial charge in [-0.2, -0.15) is 0 Å². The number of carbonyl (C=O) groups excluding carboxylic acids is 1. The van der Waals surface area contributed by atoms with Crippen LogP contribution in [0.3, 0.4) is 0 Å². The van der Waals surface area contributed by atoms with Crippen LogP contribution in [0.5, 0.6) is 0 Å². The van der Waals surface area contributed by atoms with Gasteiger partial charge in [0.05, 0.1) is 12.5 Å². The van der Waals surface area contributed by atoms with E-state index in [-0.39, 0.29) is 11.9 Å². The summed E-state index contributed by atoms with van der Waals surface area (Å²) in [6.07, 6.45) is 3.53. The lowest BCUT2D eigenvalue weighted by atomic mass is 9.86. The smallest absolute Gasteiger partial charge is 0.308 e. The van der Waals surface area contributed by atoms with Gasteiger partial charge in [0.15, 0.2) is 5.96 Å². The molecule has 0 amide bonds. The first-order valence-corrected chi connectivity index (χ1v) is 11.1. The minimum absolute atomic E-state index is 0.0263. The molecule has 0 bridgehead atoms. The van der Waals surface area contributed by atoms with Gasteiger partial charge in [-0.05, 0) is 38.2 Å². The minimum atomic E-state index is -0.905. The minimum Gasteiger partial charge on any atom is -0.466 e. The van der Waals surface area contributed by atoms with Crippen LogP contribution in [0.1, 0.15) is 38.2 Å². The monoisotopic (exact) mass is 393 g/mol. The number of nitrogens with zero attached hydrogens (tertiary/aromatic N) is 1. The molecule has 1 aromatic rings. The number of nitrogens with one attached hydrogen (secondary N) is 2. The van der Waals surface area contributed by atoms with Gasteiger partial charge in [-0.15, -0.1) is 0 Å². The zero-order chi connectivity index (χ0) is 19.5. The molecule has 150 valence electrons. The summed E-state index contributed by atoms with van der Waals surface area (Å²) in [6.45, 7) is 2.89. The van der Waals surface area contributed by atoms with Gasteiger partial charge in [-0.3, -0.25) is 14.0 Å². The molecule has 1 atom stereocenters. The lowest BCUT2D eigenvalue weighted by Gasteiger charge is -2.29. The van der Waals surface area contributed by atoms with E-state index in [1.165, 1.54) is 0 Å². The summed E-state index contributed by atoms with van der Waals surface area (Å²) in [6, 6.07) is 10.2. The van der Waals surface area contributed by atoms with Crippen LogP contribution in [0.15, 0.2) is 35.3 Å². The molecule has 6 nitrogen and oxygen atoms in total. The Morgan fingerprint density at radius 1 is 1.22 bits per heavy atom. The van der Waals surface area contributed by atoms with E-state index in [0.29, 0.717) is 30.7 Å². The number of carbonyl (C=O) groups is 1. The molecule has 2 rings (SSSR count). The Labute approximate surface area is 164 Å². The van der Waals surface area contributed by atoms with Gasteiger partial charge in [0, 0.05) is 41.9 Å². The number of aliphatic imine (C=N–C) groups is 1. The third kappa shape index (κ3) is 7.71. The third-order valence-corrected chi connectivity index (χ3v) is 6.02. The molecule has 0 saturated heterocycles. The Hall–Kier alpha value is -1.89. The Morgan fingerprint density at radius 2 is 1.93 bits per heavy atom. The first-order chi connectivity index (χ1) is 13.1. The van der Waals surface area contributed by atoms with Gasteiger partial charge >= 0.3 is 5.97 Å². The maximum atomic E-state index is 12.2. The summed E-state index contributed by atoms with van der Waals surface area (Å²) in [5, 5.41) is 6.65. The van der Waals surface area contributed by atoms with Crippen molar-refractivity contribution in [2.75, 3.05) is 26.0 Å². The molecule has 0 aliphatic heterocycles. The zero-order valence-corrected chi connectivity index (χ0v) is 17.1. The lowest BCUT2D eigenvalue weighted by Crippen LogP contribution is -2.46. The van der Waals surface area contributed by atoms with Crippen LogP contribution in [-0.2, 0) is 26.1 Å². The number of hydrogen-bond acceptors (Lipinski definition) is 4. The molecular formula is C20H31N3O3S. The number of ether oxygens (including phenoxy) is 1. The van der Waals surface area contributed by atoms with Crippen molar-refractivity contribution in [3.63, 3.8) is 0 Å². The average molecular weight is 394 g/mol. The van der Waals surface area contributed by atoms with Crippen molar-refractivity contribution in [1.29, 1.82) is 0 Å². The highest BCUT2D eigenvalue weighted by Gasteiger charge is 2.27. The molecular weight excluding hydrogens is 362 g/mol. The van der Waals surface area contributed by atoms with Crippen LogP contribution in [0.25, 0.3) is 0 Å². The first-order valence-electron chi connectivity index (χ1n) is 9.65. The van der Waals surface area contributed by atoms with Gasteiger partial charge in [-0.1, -0.05) is 30.3 Å². The number of esters is 1. The van der Waals surface area contributed by atoms with E-state index >= 15 is 0 Å². The van der Waals surface area contributed by atoms with Crippen LogP contribution in [0.4, 0.5) is 0 Å². The maximum absolute atomic E-state index is 12.2. The van der Waals surface area contributed by atoms with Gasteiger partial charge in [0.25, 0.3) is 0 Å². The van der Waals surface area contributed by atoms with E-state index in [9.17, 15) is 9.00 Å². The number of benzene rings is 1. The fourth-order valence-corrected chi connectivity index (χ4v) is 4.28. The number of hydrogen-bond donors (Lipinski definition) is 2. The molecule has 1 aliphatic carbocycles. The highest BCUT2D eigenvalue weighted by Crippen LogP contribution is 2.25. The topological polar surface area (TPSA) is 79.8 Å². The molecule has 0 radical (unpaired) electrons. The van der Waals surface area contributed by atoms with E-state index in [4.69, 9.17) is 4.74 Å². The predicted octanol–water partition coefficient (Wildman–Crippen LogP) is 2.22. The van der Waals surface area contributed by atoms with Crippen LogP contribution in [0.2, 0.25) is 0 Å². The highest BCUT2D eigenvalue weighted by atomic mass is 32.2. The van der Waals surface area contributed by atoms with Crippen LogP contribution in [0, 0.1) is 5.92 Å². The quantitative estimate of drug-likeness (QED) is 0.402. The summed E-state index contributed by atoms with van der Waals surface area (Å²) >= 11 is 0. The van der Waals surface area contributed by atoms with Crippen LogP contribution in [-0.4, -0.2) is 48.1 Å². The fraction of sp³-hybridized carbons (Fsp3) is 0.600. The first kappa shape index (κ1) is 21.4. The Kier molecular flexibility index (Phi) is 9.31. The van der Waals surface area contributed by atoms with E-state index in [2.05, 4.69) is 15.6 Å². The van der Waals surface area contributed by atoms with E-state index in [1.54, 1.807) is 7.05 Å². The van der Waals surface area contributed by atoms with Crippen molar-refractivity contribution in [2.45, 2.75) is 44.4 Å². The molecule has 2 N–H and O–H groups in total. The van der Waals surface area contributed by atoms with Gasteiger partial charge in [-0.25, -0.2) is 0 Å². The Balaban J connectivity index is 1.66. The van der Waals surface area contributed by atoms with Crippen molar-refractivity contribution in [2.24, 2.45) is 10.9 Å². The SMILES string of the molecule is CCOC(=O)C1CCC(NC(=NC)NCCS(=O)Cc2ccccc2)CC1. The standard InChI is InChI=1S/C20H31N3O3S/c1-3-26-19(24)17-9-11-18(12-10-17)23-20(21-2)22-13-14-27(25)15-16-7-5-4-6-8-16/h4-8,17-18H,3,9-15H2,1-2H3,(H2,21,22,23). The Bertz CT molecular complexity index is 629. The average Bonchev–Trinajstić information content (AvgIpc) is 2.68. The third-order valence-electron chi connectivity index (χ3n) is 4.70. The van der Waals surface area contributed by atoms with Crippen molar-refractivity contribution < 1.29 is 13.7 Å². The second kappa shape index (κ2) is 11.7. The number of rotatable bonds is 8. The summed E-state index contributed by atoms with van der Waals surface area (Å²) < 4.78 is 17.3. The van der Waals surface area contributed by atoms with E-state index in [0.717, 1.165) is 37.2 Å². The van der Waals surface area contributed by atoms with Crippen LogP contribution >= 0.6 is 0 Å². The maximum Gasteiger partial charge on any atom is 0.308 e. The molecule has 1 aliphatic rings. The van der Waals surface area contributed by atoms with E-state index in [1.807, 2.05) is 37.3 Å². The predicted molar refractivity (Wildman–Crippen MR) is 110 cm³/mol. The summed E-state index contributed by atoms with van der Waals surface area (Å²) in [7, 11) is 0.832. The lowest BCUT2D eigenvalue weighted by molar-refractivity contribution is -0.149. The Morgan fingerprint density at radius 3 is 2.56 bits per heavy atom. The molecule has 7 heteroatoms. The molecule has 27 heavy (non-hydrogen) atoms. The second-order valence-corrected chi connectivity index (χ2v) is 8.29. The normalized spacial score (nSPS) is 21.3. The van der Waals surface area contributed by atoms with Crippen molar-refractivity contribution >= 4 is 22.7 Å². The molecule has 1 unspecified atom stereocenters.